The number of hydrogen-bond donors (Lipinski definition) is 4. The number of carbonyl (C=O) groups is 2. The molecule has 2 rings (SSSR count). The molecule has 1 aromatic heterocycles. The van der Waals surface area contributed by atoms with E-state index in [1.54, 1.807) is 12.1 Å². The van der Waals surface area contributed by atoms with Gasteiger partial charge in [0.25, 0.3) is 5.91 Å². The minimum atomic E-state index is -0.297. The Morgan fingerprint density at radius 2 is 1.81 bits per heavy atom. The minimum absolute atomic E-state index is 0.0532. The van der Waals surface area contributed by atoms with Crippen LogP contribution in [0.3, 0.4) is 0 Å². The highest BCUT2D eigenvalue weighted by Crippen LogP contribution is 2.14. The Bertz CT molecular complexity index is 701. The summed E-state index contributed by atoms with van der Waals surface area (Å²) in [5, 5.41) is 9.50. The van der Waals surface area contributed by atoms with Gasteiger partial charge in [-0.05, 0) is 25.0 Å². The van der Waals surface area contributed by atoms with Crippen molar-refractivity contribution in [2.24, 2.45) is 5.92 Å². The van der Waals surface area contributed by atoms with Gasteiger partial charge in [0.05, 0.1) is 6.54 Å². The van der Waals surface area contributed by atoms with E-state index in [4.69, 9.17) is 0 Å². The number of H-pyrrole nitrogens is 1. The van der Waals surface area contributed by atoms with Crippen molar-refractivity contribution < 1.29 is 9.59 Å². The van der Waals surface area contributed by atoms with Crippen molar-refractivity contribution in [2.45, 2.75) is 33.7 Å². The van der Waals surface area contributed by atoms with Gasteiger partial charge in [-0.15, -0.1) is 6.58 Å². The molecule has 148 valence electrons. The zero-order valence-electron chi connectivity index (χ0n) is 16.8. The van der Waals surface area contributed by atoms with Crippen molar-refractivity contribution in [3.8, 4) is 0 Å². The Labute approximate surface area is 161 Å². The van der Waals surface area contributed by atoms with Crippen LogP contribution >= 0.6 is 0 Å². The van der Waals surface area contributed by atoms with Crippen molar-refractivity contribution in [1.82, 2.24) is 20.9 Å². The lowest BCUT2D eigenvalue weighted by molar-refractivity contribution is -0.120. The van der Waals surface area contributed by atoms with Crippen molar-refractivity contribution in [3.63, 3.8) is 0 Å². The molecule has 27 heavy (non-hydrogen) atoms. The summed E-state index contributed by atoms with van der Waals surface area (Å²) in [4.78, 5) is 26.8. The first kappa shape index (κ1) is 22.4. The lowest BCUT2D eigenvalue weighted by Crippen LogP contribution is -2.43. The number of carbonyl (C=O) groups excluding carboxylic acids is 2. The minimum Gasteiger partial charge on any atom is -0.353 e. The van der Waals surface area contributed by atoms with Crippen LogP contribution in [0.2, 0.25) is 0 Å². The Morgan fingerprint density at radius 3 is 2.44 bits per heavy atom. The first-order valence-corrected chi connectivity index (χ1v) is 9.30. The van der Waals surface area contributed by atoms with Gasteiger partial charge in [-0.1, -0.05) is 45.0 Å². The predicted molar refractivity (Wildman–Crippen MR) is 112 cm³/mol. The van der Waals surface area contributed by atoms with Gasteiger partial charge < -0.3 is 20.9 Å². The molecule has 1 aromatic carbocycles. The SMILES string of the molecule is C=CCNC(C)CNC(=O)CNC(=O)c1cc2ccccc2[nH]1.CC(C)C. The van der Waals surface area contributed by atoms with Crippen LogP contribution in [-0.2, 0) is 4.79 Å². The van der Waals surface area contributed by atoms with E-state index >= 15 is 0 Å². The number of para-hydroxylation sites is 1. The van der Waals surface area contributed by atoms with Crippen LogP contribution in [0.4, 0.5) is 0 Å². The van der Waals surface area contributed by atoms with Crippen molar-refractivity contribution in [1.29, 1.82) is 0 Å². The summed E-state index contributed by atoms with van der Waals surface area (Å²) in [7, 11) is 0. The molecular weight excluding hydrogens is 340 g/mol. The highest BCUT2D eigenvalue weighted by molar-refractivity contribution is 5.99. The standard InChI is InChI=1S/C17H22N4O2.C4H10/c1-3-8-18-12(2)10-19-16(22)11-20-17(23)15-9-13-6-4-5-7-14(13)21-15;1-4(2)3/h3-7,9,12,18,21H,1,8,10-11H2,2H3,(H,19,22)(H,20,23);4H,1-3H3. The molecule has 2 amide bonds. The van der Waals surface area contributed by atoms with Crippen LogP contribution in [0.5, 0.6) is 0 Å². The average molecular weight is 373 g/mol. The zero-order chi connectivity index (χ0) is 20.2. The molecule has 1 heterocycles. The number of amides is 2. The fraction of sp³-hybridized carbons (Fsp3) is 0.429. The van der Waals surface area contributed by atoms with E-state index in [0.717, 1.165) is 16.8 Å². The molecule has 6 nitrogen and oxygen atoms in total. The van der Waals surface area contributed by atoms with Gasteiger partial charge in [0.15, 0.2) is 0 Å². The summed E-state index contributed by atoms with van der Waals surface area (Å²) in [6, 6.07) is 9.54. The van der Waals surface area contributed by atoms with Crippen LogP contribution in [0.25, 0.3) is 10.9 Å². The molecule has 2 aromatic rings. The van der Waals surface area contributed by atoms with E-state index in [1.807, 2.05) is 31.2 Å². The van der Waals surface area contributed by atoms with Gasteiger partial charge in [0.2, 0.25) is 5.91 Å². The van der Waals surface area contributed by atoms with E-state index in [-0.39, 0.29) is 24.4 Å². The van der Waals surface area contributed by atoms with Gasteiger partial charge in [-0.25, -0.2) is 0 Å². The maximum Gasteiger partial charge on any atom is 0.268 e. The third kappa shape index (κ3) is 9.06. The molecule has 4 N–H and O–H groups in total. The lowest BCUT2D eigenvalue weighted by Gasteiger charge is -2.13. The fourth-order valence-corrected chi connectivity index (χ4v) is 2.14. The van der Waals surface area contributed by atoms with Crippen LogP contribution in [0.15, 0.2) is 43.0 Å². The third-order valence-corrected chi connectivity index (χ3v) is 3.40. The normalized spacial score (nSPS) is 11.4. The summed E-state index contributed by atoms with van der Waals surface area (Å²) in [6.07, 6.45) is 1.76. The number of nitrogens with one attached hydrogen (secondary N) is 4. The highest BCUT2D eigenvalue weighted by Gasteiger charge is 2.11. The van der Waals surface area contributed by atoms with Crippen LogP contribution < -0.4 is 16.0 Å². The van der Waals surface area contributed by atoms with Gasteiger partial charge in [0.1, 0.15) is 5.69 Å². The summed E-state index contributed by atoms with van der Waals surface area (Å²) >= 11 is 0. The van der Waals surface area contributed by atoms with Crippen molar-refractivity contribution in [2.75, 3.05) is 19.6 Å². The molecule has 0 bridgehead atoms. The highest BCUT2D eigenvalue weighted by atomic mass is 16.2. The number of rotatable bonds is 8. The molecule has 0 spiro atoms. The summed E-state index contributed by atoms with van der Waals surface area (Å²) < 4.78 is 0. The number of aromatic amines is 1. The topological polar surface area (TPSA) is 86.0 Å². The molecule has 0 saturated heterocycles. The lowest BCUT2D eigenvalue weighted by atomic mass is 10.2. The maximum absolute atomic E-state index is 12.1. The smallest absolute Gasteiger partial charge is 0.268 e. The van der Waals surface area contributed by atoms with E-state index < -0.39 is 0 Å². The predicted octanol–water partition coefficient (Wildman–Crippen LogP) is 2.84. The van der Waals surface area contributed by atoms with Gasteiger partial charge in [0, 0.05) is 30.0 Å². The molecule has 0 saturated carbocycles. The van der Waals surface area contributed by atoms with E-state index in [9.17, 15) is 9.59 Å². The van der Waals surface area contributed by atoms with E-state index in [2.05, 4.69) is 48.3 Å². The monoisotopic (exact) mass is 372 g/mol. The zero-order valence-corrected chi connectivity index (χ0v) is 16.8. The summed E-state index contributed by atoms with van der Waals surface area (Å²) in [5.74, 6) is 0.316. The Hall–Kier alpha value is -2.60. The van der Waals surface area contributed by atoms with Gasteiger partial charge in [-0.3, -0.25) is 9.59 Å². The molecular formula is C21H32N4O2. The molecule has 1 atom stereocenters. The van der Waals surface area contributed by atoms with E-state index in [0.29, 0.717) is 18.8 Å². The van der Waals surface area contributed by atoms with Crippen LogP contribution in [-0.4, -0.2) is 42.5 Å². The van der Waals surface area contributed by atoms with Crippen LogP contribution in [0, 0.1) is 5.92 Å². The molecule has 0 aliphatic rings. The fourth-order valence-electron chi connectivity index (χ4n) is 2.14. The van der Waals surface area contributed by atoms with Crippen LogP contribution in [0.1, 0.15) is 38.2 Å². The number of fused-ring (bicyclic) bond motifs is 1. The first-order valence-electron chi connectivity index (χ1n) is 9.30. The average Bonchev–Trinajstić information content (AvgIpc) is 3.06. The first-order chi connectivity index (χ1) is 12.8. The third-order valence-electron chi connectivity index (χ3n) is 3.40. The molecule has 0 radical (unpaired) electrons. The van der Waals surface area contributed by atoms with Gasteiger partial charge in [-0.2, -0.15) is 0 Å². The number of benzene rings is 1. The second kappa shape index (κ2) is 11.9. The number of aromatic nitrogens is 1. The molecule has 6 heteroatoms. The van der Waals surface area contributed by atoms with Crippen molar-refractivity contribution in [3.05, 3.63) is 48.7 Å². The Balaban J connectivity index is 0.000000828. The molecule has 0 aliphatic carbocycles. The summed E-state index contributed by atoms with van der Waals surface area (Å²) in [6.45, 7) is 13.2. The maximum atomic E-state index is 12.1. The van der Waals surface area contributed by atoms with Crippen molar-refractivity contribution >= 4 is 22.7 Å². The molecule has 0 fully saturated rings. The second-order valence-corrected chi connectivity index (χ2v) is 7.09. The number of hydrogen-bond acceptors (Lipinski definition) is 3. The molecule has 1 unspecified atom stereocenters. The largest absolute Gasteiger partial charge is 0.353 e. The molecule has 0 aliphatic heterocycles. The van der Waals surface area contributed by atoms with Gasteiger partial charge >= 0.3 is 0 Å². The second-order valence-electron chi connectivity index (χ2n) is 7.09. The quantitative estimate of drug-likeness (QED) is 0.538. The van der Waals surface area contributed by atoms with E-state index in [1.165, 1.54) is 0 Å². The summed E-state index contributed by atoms with van der Waals surface area (Å²) in [5.41, 5.74) is 1.34. The Kier molecular flexibility index (Phi) is 9.90. The Morgan fingerprint density at radius 1 is 1.15 bits per heavy atom.